The van der Waals surface area contributed by atoms with Crippen LogP contribution in [-0.4, -0.2) is 34.9 Å². The van der Waals surface area contributed by atoms with Crippen molar-refractivity contribution >= 4 is 27.7 Å². The quantitative estimate of drug-likeness (QED) is 0.331. The molecular weight excluding hydrogens is 528 g/mol. The summed E-state index contributed by atoms with van der Waals surface area (Å²) in [6, 6.07) is 20.9. The van der Waals surface area contributed by atoms with Gasteiger partial charge in [0.2, 0.25) is 5.91 Å². The number of carbonyl (C=O) groups excluding carboxylic acids is 2. The fourth-order valence-corrected chi connectivity index (χ4v) is 4.46. The van der Waals surface area contributed by atoms with Gasteiger partial charge in [-0.25, -0.2) is 0 Å². The van der Waals surface area contributed by atoms with Crippen molar-refractivity contribution < 1.29 is 14.3 Å². The van der Waals surface area contributed by atoms with E-state index in [0.29, 0.717) is 18.7 Å². The lowest BCUT2D eigenvalue weighted by Gasteiger charge is -2.34. The van der Waals surface area contributed by atoms with Crippen LogP contribution in [0.25, 0.3) is 0 Å². The van der Waals surface area contributed by atoms with Crippen LogP contribution in [0.4, 0.5) is 0 Å². The summed E-state index contributed by atoms with van der Waals surface area (Å²) in [6.07, 6.45) is 0.400. The number of halogens is 1. The zero-order valence-corrected chi connectivity index (χ0v) is 24.2. The molecule has 0 aliphatic carbocycles. The molecule has 0 heterocycles. The van der Waals surface area contributed by atoms with Gasteiger partial charge in [-0.2, -0.15) is 0 Å². The summed E-state index contributed by atoms with van der Waals surface area (Å²) in [4.78, 5) is 29.0. The maximum atomic E-state index is 13.8. The average Bonchev–Trinajstić information content (AvgIpc) is 2.82. The summed E-state index contributed by atoms with van der Waals surface area (Å²) in [7, 11) is 0. The lowest BCUT2D eigenvalue weighted by atomic mass is 10.0. The molecule has 0 saturated heterocycles. The first-order valence-corrected chi connectivity index (χ1v) is 13.3. The maximum Gasteiger partial charge on any atom is 0.261 e. The number of hydrogen-bond acceptors (Lipinski definition) is 3. The monoisotopic (exact) mass is 564 g/mol. The molecule has 0 aliphatic heterocycles. The molecule has 0 saturated carbocycles. The minimum Gasteiger partial charge on any atom is -0.484 e. The van der Waals surface area contributed by atoms with Crippen LogP contribution < -0.4 is 10.1 Å². The van der Waals surface area contributed by atoms with Gasteiger partial charge in [-0.1, -0.05) is 76.1 Å². The van der Waals surface area contributed by atoms with Crippen molar-refractivity contribution in [3.8, 4) is 5.75 Å². The zero-order chi connectivity index (χ0) is 27.2. The molecule has 5 nitrogen and oxygen atoms in total. The lowest BCUT2D eigenvalue weighted by molar-refractivity contribution is -0.143. The Balaban J connectivity index is 1.94. The first kappa shape index (κ1) is 28.5. The summed E-state index contributed by atoms with van der Waals surface area (Å²) in [5.74, 6) is 0.193. The van der Waals surface area contributed by atoms with Crippen LogP contribution >= 0.6 is 15.9 Å². The summed E-state index contributed by atoms with van der Waals surface area (Å²) < 4.78 is 6.99. The fraction of sp³-hybridized carbons (Fsp3) is 0.355. The Morgan fingerprint density at radius 1 is 0.919 bits per heavy atom. The molecule has 0 aliphatic rings. The molecule has 3 rings (SSSR count). The Labute approximate surface area is 229 Å². The number of ether oxygens (including phenoxy) is 1. The van der Waals surface area contributed by atoms with E-state index in [4.69, 9.17) is 4.74 Å². The predicted molar refractivity (Wildman–Crippen MR) is 153 cm³/mol. The highest BCUT2D eigenvalue weighted by Gasteiger charge is 2.32. The van der Waals surface area contributed by atoms with Gasteiger partial charge in [0.15, 0.2) is 6.61 Å². The van der Waals surface area contributed by atoms with E-state index in [2.05, 4.69) is 21.2 Å². The van der Waals surface area contributed by atoms with Crippen LogP contribution in [0.3, 0.4) is 0 Å². The van der Waals surface area contributed by atoms with E-state index in [0.717, 1.165) is 32.3 Å². The number of nitrogens with zero attached hydrogens (tertiary/aromatic N) is 1. The molecular formula is C31H37BrN2O3. The molecule has 1 atom stereocenters. The van der Waals surface area contributed by atoms with E-state index in [9.17, 15) is 9.59 Å². The third-order valence-electron chi connectivity index (χ3n) is 5.98. The Hall–Kier alpha value is -3.12. The fourth-order valence-electron chi connectivity index (χ4n) is 4.23. The molecule has 37 heavy (non-hydrogen) atoms. The molecule has 1 N–H and O–H groups in total. The second kappa shape index (κ2) is 12.4. The average molecular weight is 566 g/mol. The first-order chi connectivity index (χ1) is 17.4. The molecule has 0 spiro atoms. The van der Waals surface area contributed by atoms with Crippen LogP contribution in [0, 0.1) is 20.8 Å². The van der Waals surface area contributed by atoms with Gasteiger partial charge in [0.1, 0.15) is 11.8 Å². The second-order valence-corrected chi connectivity index (χ2v) is 11.4. The Morgan fingerprint density at radius 3 is 2.14 bits per heavy atom. The van der Waals surface area contributed by atoms with E-state index >= 15 is 0 Å². The highest BCUT2D eigenvalue weighted by Crippen LogP contribution is 2.26. The van der Waals surface area contributed by atoms with Crippen molar-refractivity contribution in [1.29, 1.82) is 0 Å². The Kier molecular flexibility index (Phi) is 9.55. The van der Waals surface area contributed by atoms with Gasteiger partial charge in [0.05, 0.1) is 0 Å². The summed E-state index contributed by atoms with van der Waals surface area (Å²) in [6.45, 7) is 12.0. The molecule has 3 aromatic rings. The summed E-state index contributed by atoms with van der Waals surface area (Å²) in [5, 5.41) is 3.09. The van der Waals surface area contributed by atoms with Crippen LogP contribution in [0.15, 0.2) is 71.2 Å². The van der Waals surface area contributed by atoms with E-state index in [1.54, 1.807) is 4.90 Å². The van der Waals surface area contributed by atoms with Gasteiger partial charge in [-0.15, -0.1) is 0 Å². The molecule has 2 amide bonds. The van der Waals surface area contributed by atoms with Gasteiger partial charge >= 0.3 is 0 Å². The molecule has 0 aromatic heterocycles. The van der Waals surface area contributed by atoms with Gasteiger partial charge in [0, 0.05) is 23.0 Å². The van der Waals surface area contributed by atoms with Gasteiger partial charge in [-0.3, -0.25) is 9.59 Å². The standard InChI is InChI=1S/C31H37BrN2O3/c1-21-11-10-14-25(15-21)19-34(28(35)20-37-26-16-22(2)29(32)23(3)17-26)27(30(36)33-31(4,5)6)18-24-12-8-7-9-13-24/h7-17,27H,18-20H2,1-6H3,(H,33,36)/t27-/m0/s1. The SMILES string of the molecule is Cc1cccc(CN(C(=O)COc2cc(C)c(Br)c(C)c2)[C@@H](Cc2ccccc2)C(=O)NC(C)(C)C)c1. The van der Waals surface area contributed by atoms with Gasteiger partial charge in [-0.05, 0) is 75.9 Å². The number of carbonyl (C=O) groups is 2. The molecule has 0 radical (unpaired) electrons. The highest BCUT2D eigenvalue weighted by molar-refractivity contribution is 9.10. The van der Waals surface area contributed by atoms with Crippen molar-refractivity contribution in [2.24, 2.45) is 0 Å². The van der Waals surface area contributed by atoms with Crippen LogP contribution in [0.5, 0.6) is 5.75 Å². The van der Waals surface area contributed by atoms with Crippen LogP contribution in [0.2, 0.25) is 0 Å². The lowest BCUT2D eigenvalue weighted by Crippen LogP contribution is -2.55. The molecule has 6 heteroatoms. The topological polar surface area (TPSA) is 58.6 Å². The number of aryl methyl sites for hydroxylation is 3. The van der Waals surface area contributed by atoms with Crippen LogP contribution in [0.1, 0.15) is 48.6 Å². The smallest absolute Gasteiger partial charge is 0.261 e. The Morgan fingerprint density at radius 2 is 1.54 bits per heavy atom. The normalized spacial score (nSPS) is 12.1. The minimum atomic E-state index is -0.702. The third kappa shape index (κ3) is 8.46. The number of nitrogens with one attached hydrogen (secondary N) is 1. The predicted octanol–water partition coefficient (Wildman–Crippen LogP) is 6.31. The van der Waals surface area contributed by atoms with E-state index in [1.165, 1.54) is 0 Å². The molecule has 0 unspecified atom stereocenters. The second-order valence-electron chi connectivity index (χ2n) is 10.6. The summed E-state index contributed by atoms with van der Waals surface area (Å²) in [5.41, 5.74) is 4.67. The number of benzene rings is 3. The third-order valence-corrected chi connectivity index (χ3v) is 7.23. The number of amides is 2. The minimum absolute atomic E-state index is 0.166. The number of rotatable bonds is 9. The zero-order valence-electron chi connectivity index (χ0n) is 22.6. The van der Waals surface area contributed by atoms with E-state index in [1.807, 2.05) is 108 Å². The molecule has 3 aromatic carbocycles. The van der Waals surface area contributed by atoms with Gasteiger partial charge < -0.3 is 15.0 Å². The van der Waals surface area contributed by atoms with Crippen LogP contribution in [-0.2, 0) is 22.6 Å². The molecule has 0 fully saturated rings. The highest BCUT2D eigenvalue weighted by atomic mass is 79.9. The number of hydrogen-bond donors (Lipinski definition) is 1. The van der Waals surface area contributed by atoms with Gasteiger partial charge in [0.25, 0.3) is 5.91 Å². The molecule has 196 valence electrons. The van der Waals surface area contributed by atoms with Crippen molar-refractivity contribution in [2.45, 2.75) is 66.1 Å². The largest absolute Gasteiger partial charge is 0.484 e. The first-order valence-electron chi connectivity index (χ1n) is 12.5. The summed E-state index contributed by atoms with van der Waals surface area (Å²) >= 11 is 3.57. The molecule has 0 bridgehead atoms. The van der Waals surface area contributed by atoms with E-state index in [-0.39, 0.29) is 18.4 Å². The van der Waals surface area contributed by atoms with Crippen molar-refractivity contribution in [1.82, 2.24) is 10.2 Å². The Bertz CT molecular complexity index is 1210. The van der Waals surface area contributed by atoms with E-state index < -0.39 is 11.6 Å². The van der Waals surface area contributed by atoms with Crippen molar-refractivity contribution in [3.05, 3.63) is 99.0 Å². The van der Waals surface area contributed by atoms with Crippen molar-refractivity contribution in [2.75, 3.05) is 6.61 Å². The van der Waals surface area contributed by atoms with Crippen molar-refractivity contribution in [3.63, 3.8) is 0 Å². The maximum absolute atomic E-state index is 13.8.